The van der Waals surface area contributed by atoms with Gasteiger partial charge in [0.15, 0.2) is 5.79 Å². The van der Waals surface area contributed by atoms with Crippen molar-refractivity contribution in [1.29, 1.82) is 0 Å². The van der Waals surface area contributed by atoms with Crippen LogP contribution in [0.2, 0.25) is 0 Å². The Labute approximate surface area is 170 Å². The molecule has 5 nitrogen and oxygen atoms in total. The molecule has 3 aliphatic rings. The minimum absolute atomic E-state index is 0.0395. The van der Waals surface area contributed by atoms with Crippen LogP contribution in [0.1, 0.15) is 49.7 Å². The molecule has 2 aliphatic carbocycles. The molecule has 29 heavy (non-hydrogen) atoms. The minimum atomic E-state index is -0.599. The molecule has 1 saturated carbocycles. The maximum atomic E-state index is 12.5. The van der Waals surface area contributed by atoms with Crippen LogP contribution in [0.5, 0.6) is 0 Å². The van der Waals surface area contributed by atoms with Crippen LogP contribution in [-0.4, -0.2) is 37.4 Å². The Morgan fingerprint density at radius 2 is 1.48 bits per heavy atom. The molecular formula is C24H26O5. The molecule has 0 N–H and O–H groups in total. The van der Waals surface area contributed by atoms with Crippen LogP contribution in [0.4, 0.5) is 4.79 Å². The van der Waals surface area contributed by atoms with Crippen molar-refractivity contribution in [2.45, 2.75) is 49.9 Å². The molecule has 0 unspecified atom stereocenters. The molecule has 0 amide bonds. The van der Waals surface area contributed by atoms with Gasteiger partial charge < -0.3 is 18.9 Å². The van der Waals surface area contributed by atoms with Crippen LogP contribution in [0.15, 0.2) is 48.5 Å². The molecule has 1 spiro atoms. The summed E-state index contributed by atoms with van der Waals surface area (Å²) < 4.78 is 22.9. The molecule has 1 saturated heterocycles. The predicted molar refractivity (Wildman–Crippen MR) is 108 cm³/mol. The smallest absolute Gasteiger partial charge is 0.433 e. The van der Waals surface area contributed by atoms with Gasteiger partial charge in [0.2, 0.25) is 0 Å². The molecule has 5 heteroatoms. The normalized spacial score (nSPS) is 21.6. The molecule has 1 aliphatic heterocycles. The first-order chi connectivity index (χ1) is 14.1. The lowest BCUT2D eigenvalue weighted by Crippen LogP contribution is -2.44. The highest BCUT2D eigenvalue weighted by atomic mass is 16.7. The van der Waals surface area contributed by atoms with Crippen molar-refractivity contribution in [3.63, 3.8) is 0 Å². The molecule has 152 valence electrons. The van der Waals surface area contributed by atoms with Crippen molar-refractivity contribution in [3.05, 3.63) is 59.7 Å². The summed E-state index contributed by atoms with van der Waals surface area (Å²) in [4.78, 5) is 12.5. The number of hydrogen-bond acceptors (Lipinski definition) is 5. The van der Waals surface area contributed by atoms with E-state index in [9.17, 15) is 4.79 Å². The first kappa shape index (κ1) is 18.6. The van der Waals surface area contributed by atoms with Crippen LogP contribution in [0.3, 0.4) is 0 Å². The van der Waals surface area contributed by atoms with Gasteiger partial charge in [-0.25, -0.2) is 4.79 Å². The summed E-state index contributed by atoms with van der Waals surface area (Å²) in [6, 6.07) is 16.6. The summed E-state index contributed by atoms with van der Waals surface area (Å²) >= 11 is 0. The fraction of sp³-hybridized carbons (Fsp3) is 0.458. The lowest BCUT2D eigenvalue weighted by molar-refractivity contribution is -0.202. The van der Waals surface area contributed by atoms with E-state index in [1.807, 2.05) is 31.2 Å². The van der Waals surface area contributed by atoms with Crippen LogP contribution < -0.4 is 0 Å². The number of fused-ring (bicyclic) bond motifs is 3. The monoisotopic (exact) mass is 394 g/mol. The summed E-state index contributed by atoms with van der Waals surface area (Å²) in [5, 5.41) is 0. The average molecular weight is 394 g/mol. The van der Waals surface area contributed by atoms with E-state index in [0.717, 1.165) is 12.8 Å². The van der Waals surface area contributed by atoms with E-state index in [4.69, 9.17) is 18.9 Å². The van der Waals surface area contributed by atoms with Crippen LogP contribution in [0, 0.1) is 0 Å². The Hall–Kier alpha value is -2.37. The maximum absolute atomic E-state index is 12.5. The zero-order valence-corrected chi connectivity index (χ0v) is 16.7. The van der Waals surface area contributed by atoms with E-state index >= 15 is 0 Å². The van der Waals surface area contributed by atoms with Gasteiger partial charge in [0, 0.05) is 18.8 Å². The van der Waals surface area contributed by atoms with Crippen molar-refractivity contribution < 1.29 is 23.7 Å². The van der Waals surface area contributed by atoms with Gasteiger partial charge in [-0.3, -0.25) is 0 Å². The molecular weight excluding hydrogens is 368 g/mol. The summed E-state index contributed by atoms with van der Waals surface area (Å²) in [6.45, 7) is 3.53. The van der Waals surface area contributed by atoms with Crippen molar-refractivity contribution >= 4 is 6.16 Å². The SMILES string of the molecule is CC1(OC(=O)OCC2c3ccccc3-c3ccccc32)CCC2(CC1)OCCO2. The van der Waals surface area contributed by atoms with E-state index < -0.39 is 17.5 Å². The van der Waals surface area contributed by atoms with Gasteiger partial charge in [-0.05, 0) is 42.0 Å². The molecule has 0 aromatic heterocycles. The number of rotatable bonds is 3. The third-order valence-electron chi connectivity index (χ3n) is 6.54. The highest BCUT2D eigenvalue weighted by molar-refractivity contribution is 5.78. The lowest BCUT2D eigenvalue weighted by Gasteiger charge is -2.40. The minimum Gasteiger partial charge on any atom is -0.433 e. The number of carbonyl (C=O) groups excluding carboxylic acids is 1. The molecule has 2 fully saturated rings. The number of carbonyl (C=O) groups is 1. The Balaban J connectivity index is 1.22. The summed E-state index contributed by atoms with van der Waals surface area (Å²) in [5.41, 5.74) is 4.28. The topological polar surface area (TPSA) is 54.0 Å². The van der Waals surface area contributed by atoms with Crippen molar-refractivity contribution in [3.8, 4) is 11.1 Å². The van der Waals surface area contributed by atoms with Gasteiger partial charge in [-0.15, -0.1) is 0 Å². The Morgan fingerprint density at radius 3 is 2.07 bits per heavy atom. The van der Waals surface area contributed by atoms with Crippen molar-refractivity contribution in [2.24, 2.45) is 0 Å². The van der Waals surface area contributed by atoms with E-state index in [1.54, 1.807) is 0 Å². The quantitative estimate of drug-likeness (QED) is 0.684. The third kappa shape index (κ3) is 3.43. The van der Waals surface area contributed by atoms with Crippen LogP contribution in [-0.2, 0) is 18.9 Å². The standard InChI is InChI=1S/C24H26O5/c1-23(10-12-24(13-11-23)27-14-15-28-24)29-22(25)26-16-21-19-8-4-2-6-17(19)18-7-3-5-9-20(18)21/h2-9,21H,10-16H2,1H3. The Kier molecular flexibility index (Phi) is 4.60. The number of hydrogen-bond donors (Lipinski definition) is 0. The van der Waals surface area contributed by atoms with Gasteiger partial charge in [0.05, 0.1) is 13.2 Å². The van der Waals surface area contributed by atoms with E-state index in [-0.39, 0.29) is 12.5 Å². The summed E-state index contributed by atoms with van der Waals surface area (Å²) in [5.74, 6) is -0.429. The average Bonchev–Trinajstić information content (AvgIpc) is 3.32. The van der Waals surface area contributed by atoms with Gasteiger partial charge in [-0.1, -0.05) is 48.5 Å². The predicted octanol–water partition coefficient (Wildman–Crippen LogP) is 5.03. The van der Waals surface area contributed by atoms with E-state index in [1.165, 1.54) is 22.3 Å². The highest BCUT2D eigenvalue weighted by Gasteiger charge is 2.46. The second-order valence-electron chi connectivity index (χ2n) is 8.45. The fourth-order valence-corrected chi connectivity index (χ4v) is 4.87. The molecule has 0 atom stereocenters. The van der Waals surface area contributed by atoms with Gasteiger partial charge in [0.1, 0.15) is 12.2 Å². The van der Waals surface area contributed by atoms with E-state index in [0.29, 0.717) is 26.1 Å². The van der Waals surface area contributed by atoms with Crippen molar-refractivity contribution in [2.75, 3.05) is 19.8 Å². The molecule has 2 aromatic carbocycles. The summed E-state index contributed by atoms with van der Waals surface area (Å²) in [7, 11) is 0. The molecule has 0 bridgehead atoms. The first-order valence-corrected chi connectivity index (χ1v) is 10.4. The Bertz CT molecular complexity index is 859. The molecule has 5 rings (SSSR count). The maximum Gasteiger partial charge on any atom is 0.508 e. The fourth-order valence-electron chi connectivity index (χ4n) is 4.87. The first-order valence-electron chi connectivity index (χ1n) is 10.4. The Morgan fingerprint density at radius 1 is 0.931 bits per heavy atom. The zero-order valence-electron chi connectivity index (χ0n) is 16.7. The highest BCUT2D eigenvalue weighted by Crippen LogP contribution is 2.45. The lowest BCUT2D eigenvalue weighted by atomic mass is 9.82. The second kappa shape index (κ2) is 7.15. The molecule has 2 aromatic rings. The van der Waals surface area contributed by atoms with Gasteiger partial charge in [0.25, 0.3) is 0 Å². The molecule has 1 heterocycles. The largest absolute Gasteiger partial charge is 0.508 e. The second-order valence-corrected chi connectivity index (χ2v) is 8.45. The number of ether oxygens (including phenoxy) is 4. The van der Waals surface area contributed by atoms with Crippen LogP contribution >= 0.6 is 0 Å². The van der Waals surface area contributed by atoms with E-state index in [2.05, 4.69) is 24.3 Å². The third-order valence-corrected chi connectivity index (χ3v) is 6.54. The van der Waals surface area contributed by atoms with Gasteiger partial charge >= 0.3 is 6.16 Å². The van der Waals surface area contributed by atoms with Gasteiger partial charge in [-0.2, -0.15) is 0 Å². The molecule has 0 radical (unpaired) electrons. The number of benzene rings is 2. The summed E-state index contributed by atoms with van der Waals surface area (Å²) in [6.07, 6.45) is 2.29. The van der Waals surface area contributed by atoms with Crippen LogP contribution in [0.25, 0.3) is 11.1 Å². The van der Waals surface area contributed by atoms with Crippen molar-refractivity contribution in [1.82, 2.24) is 0 Å². The zero-order chi connectivity index (χ0) is 19.9.